The molecule has 0 atom stereocenters. The molecule has 2 aromatic heterocycles. The lowest BCUT2D eigenvalue weighted by molar-refractivity contribution is 0.672. The average molecular weight is 829 g/mol. The van der Waals surface area contributed by atoms with Crippen molar-refractivity contribution in [1.82, 2.24) is 4.57 Å². The maximum absolute atomic E-state index is 6.78. The van der Waals surface area contributed by atoms with Crippen molar-refractivity contribution >= 4 is 82.4 Å². The van der Waals surface area contributed by atoms with E-state index in [0.29, 0.717) is 0 Å². The van der Waals surface area contributed by atoms with E-state index in [1.54, 1.807) is 0 Å². The fraction of sp³-hybridized carbons (Fsp3) is 0. The third-order valence-electron chi connectivity index (χ3n) is 13.2. The van der Waals surface area contributed by atoms with Crippen LogP contribution in [0.25, 0.3) is 104 Å². The molecule has 0 amide bonds. The van der Waals surface area contributed by atoms with Gasteiger partial charge in [0.05, 0.1) is 22.1 Å². The lowest BCUT2D eigenvalue weighted by Gasteiger charge is -2.27. The Labute approximate surface area is 376 Å². The van der Waals surface area contributed by atoms with Crippen molar-refractivity contribution in [2.24, 2.45) is 0 Å². The summed E-state index contributed by atoms with van der Waals surface area (Å²) in [5.41, 5.74) is 15.5. The first-order valence-electron chi connectivity index (χ1n) is 22.2. The zero-order valence-corrected chi connectivity index (χ0v) is 35.4. The Hall–Kier alpha value is -8.66. The summed E-state index contributed by atoms with van der Waals surface area (Å²) in [5, 5.41) is 9.34. The van der Waals surface area contributed by atoms with E-state index in [4.69, 9.17) is 4.42 Å². The number of hydrogen-bond donors (Lipinski definition) is 0. The molecule has 3 nitrogen and oxygen atoms in total. The quantitative estimate of drug-likeness (QED) is 0.160. The molecule has 0 bridgehead atoms. The Balaban J connectivity index is 1.03. The van der Waals surface area contributed by atoms with Crippen molar-refractivity contribution in [2.45, 2.75) is 0 Å². The van der Waals surface area contributed by atoms with Gasteiger partial charge in [-0.2, -0.15) is 0 Å². The van der Waals surface area contributed by atoms with Crippen molar-refractivity contribution in [3.63, 3.8) is 0 Å². The summed E-state index contributed by atoms with van der Waals surface area (Å²) >= 11 is 0. The van der Waals surface area contributed by atoms with Crippen molar-refractivity contribution in [3.05, 3.63) is 243 Å². The smallest absolute Gasteiger partial charge is 0.143 e. The molecule has 0 aliphatic carbocycles. The molecule has 0 aliphatic heterocycles. The van der Waals surface area contributed by atoms with E-state index in [-0.39, 0.29) is 0 Å². The van der Waals surface area contributed by atoms with Crippen LogP contribution in [0.15, 0.2) is 247 Å². The Bertz CT molecular complexity index is 3840. The molecule has 0 spiro atoms. The normalized spacial score (nSPS) is 11.7. The molecule has 0 saturated heterocycles. The molecule has 65 heavy (non-hydrogen) atoms. The Morgan fingerprint density at radius 1 is 0.338 bits per heavy atom. The maximum Gasteiger partial charge on any atom is 0.143 e. The Kier molecular flexibility index (Phi) is 8.53. The zero-order valence-electron chi connectivity index (χ0n) is 35.4. The maximum atomic E-state index is 6.78. The van der Waals surface area contributed by atoms with Gasteiger partial charge in [-0.15, -0.1) is 0 Å². The van der Waals surface area contributed by atoms with Crippen LogP contribution in [-0.4, -0.2) is 4.57 Å². The lowest BCUT2D eigenvalue weighted by atomic mass is 9.98. The van der Waals surface area contributed by atoms with Crippen molar-refractivity contribution in [1.29, 1.82) is 0 Å². The van der Waals surface area contributed by atoms with Gasteiger partial charge in [-0.1, -0.05) is 170 Å². The second kappa shape index (κ2) is 15.0. The van der Waals surface area contributed by atoms with Gasteiger partial charge in [-0.3, -0.25) is 0 Å². The van der Waals surface area contributed by atoms with Crippen LogP contribution in [0, 0.1) is 0 Å². The number of aromatic nitrogens is 1. The summed E-state index contributed by atoms with van der Waals surface area (Å²) in [4.78, 5) is 2.40. The highest BCUT2D eigenvalue weighted by atomic mass is 16.3. The first-order chi connectivity index (χ1) is 32.2. The van der Waals surface area contributed by atoms with Crippen LogP contribution in [0.4, 0.5) is 17.1 Å². The predicted molar refractivity (Wildman–Crippen MR) is 274 cm³/mol. The highest BCUT2D eigenvalue weighted by molar-refractivity contribution is 6.20. The molecule has 0 unspecified atom stereocenters. The summed E-state index contributed by atoms with van der Waals surface area (Å²) in [6.07, 6.45) is 0. The molecular formula is C62H40N2O. The summed E-state index contributed by atoms with van der Waals surface area (Å²) in [6.45, 7) is 0. The van der Waals surface area contributed by atoms with E-state index in [2.05, 4.69) is 252 Å². The second-order valence-corrected chi connectivity index (χ2v) is 16.9. The largest absolute Gasteiger partial charge is 0.455 e. The summed E-state index contributed by atoms with van der Waals surface area (Å²) < 4.78 is 9.21. The fourth-order valence-electron chi connectivity index (χ4n) is 10.1. The predicted octanol–water partition coefficient (Wildman–Crippen LogP) is 17.5. The van der Waals surface area contributed by atoms with Gasteiger partial charge in [-0.05, 0) is 122 Å². The number of fused-ring (bicyclic) bond motifs is 9. The fourth-order valence-corrected chi connectivity index (χ4v) is 10.1. The molecule has 0 radical (unpaired) electrons. The molecular weight excluding hydrogens is 789 g/mol. The van der Waals surface area contributed by atoms with Crippen LogP contribution < -0.4 is 4.90 Å². The first-order valence-corrected chi connectivity index (χ1v) is 22.2. The molecule has 11 aromatic carbocycles. The molecule has 0 saturated carbocycles. The van der Waals surface area contributed by atoms with Gasteiger partial charge >= 0.3 is 0 Å². The third-order valence-corrected chi connectivity index (χ3v) is 13.2. The van der Waals surface area contributed by atoms with Gasteiger partial charge in [0, 0.05) is 38.6 Å². The number of hydrogen-bond acceptors (Lipinski definition) is 2. The first kappa shape index (κ1) is 36.9. The van der Waals surface area contributed by atoms with E-state index in [9.17, 15) is 0 Å². The summed E-state index contributed by atoms with van der Waals surface area (Å²) in [7, 11) is 0. The number of benzene rings is 11. The van der Waals surface area contributed by atoms with Gasteiger partial charge in [-0.25, -0.2) is 0 Å². The summed E-state index contributed by atoms with van der Waals surface area (Å²) in [6, 6.07) is 87.7. The minimum Gasteiger partial charge on any atom is -0.455 e. The van der Waals surface area contributed by atoms with Crippen LogP contribution in [0.3, 0.4) is 0 Å². The van der Waals surface area contributed by atoms with Gasteiger partial charge in [0.1, 0.15) is 11.2 Å². The Morgan fingerprint density at radius 3 is 1.63 bits per heavy atom. The van der Waals surface area contributed by atoms with Gasteiger partial charge in [0.25, 0.3) is 0 Å². The SMILES string of the molecule is c1ccc(-c2ccc3c(c2)c2cc(-c4ccccc4)ccc2n3-c2cccc(N(c3ccc(-c4cccc5ccccc45)cc3)c3cccc4oc5c6ccccc6ccc5c34)c2)cc1. The standard InChI is InChI=1S/C62H40N2O/c1-3-14-41(15-4-1)46-31-36-57-55(38-46)56-39-47(42-16-5-2-6-17-42)32-37-58(56)64(57)50-22-12-21-49(40-50)63(48-33-28-45(29-34-48)52-25-11-20-43-18-7-9-23-51(43)52)59-26-13-27-60-61(59)54-35-30-44-19-8-10-24-53(44)62(54)65-60/h1-40H. The van der Waals surface area contributed by atoms with E-state index in [1.165, 1.54) is 54.9 Å². The monoisotopic (exact) mass is 828 g/mol. The van der Waals surface area contributed by atoms with Crippen LogP contribution in [0.2, 0.25) is 0 Å². The van der Waals surface area contributed by atoms with Crippen molar-refractivity contribution < 1.29 is 4.42 Å². The topological polar surface area (TPSA) is 21.3 Å². The van der Waals surface area contributed by atoms with E-state index >= 15 is 0 Å². The Morgan fingerprint density at radius 2 is 0.923 bits per heavy atom. The minimum absolute atomic E-state index is 0.855. The van der Waals surface area contributed by atoms with Crippen molar-refractivity contribution in [2.75, 3.05) is 4.90 Å². The summed E-state index contributed by atoms with van der Waals surface area (Å²) in [5.74, 6) is 0. The lowest BCUT2D eigenvalue weighted by Crippen LogP contribution is -2.11. The van der Waals surface area contributed by atoms with Crippen molar-refractivity contribution in [3.8, 4) is 39.1 Å². The highest BCUT2D eigenvalue weighted by Crippen LogP contribution is 2.46. The highest BCUT2D eigenvalue weighted by Gasteiger charge is 2.22. The van der Waals surface area contributed by atoms with Gasteiger partial charge in [0.15, 0.2) is 0 Å². The van der Waals surface area contributed by atoms with E-state index in [1.807, 2.05) is 0 Å². The number of anilines is 3. The third kappa shape index (κ3) is 6.12. The molecule has 304 valence electrons. The van der Waals surface area contributed by atoms with Crippen LogP contribution >= 0.6 is 0 Å². The van der Waals surface area contributed by atoms with Gasteiger partial charge in [0.2, 0.25) is 0 Å². The zero-order chi connectivity index (χ0) is 42.8. The van der Waals surface area contributed by atoms with Crippen LogP contribution in [0.1, 0.15) is 0 Å². The van der Waals surface area contributed by atoms with E-state index in [0.717, 1.165) is 66.5 Å². The van der Waals surface area contributed by atoms with Gasteiger partial charge < -0.3 is 13.9 Å². The average Bonchev–Trinajstić information content (AvgIpc) is 3.93. The molecule has 2 heterocycles. The molecule has 13 aromatic rings. The number of nitrogens with zero attached hydrogens (tertiary/aromatic N) is 2. The molecule has 13 rings (SSSR count). The molecule has 0 aliphatic rings. The minimum atomic E-state index is 0.855. The molecule has 3 heteroatoms. The van der Waals surface area contributed by atoms with E-state index < -0.39 is 0 Å². The molecule has 0 N–H and O–H groups in total. The van der Waals surface area contributed by atoms with Crippen LogP contribution in [-0.2, 0) is 0 Å². The number of rotatable bonds is 7. The second-order valence-electron chi connectivity index (χ2n) is 16.9. The number of furan rings is 1. The van der Waals surface area contributed by atoms with Crippen LogP contribution in [0.5, 0.6) is 0 Å². The molecule has 0 fully saturated rings.